The number of benzene rings is 1. The van der Waals surface area contributed by atoms with Gasteiger partial charge < -0.3 is 14.7 Å². The molecule has 1 saturated heterocycles. The summed E-state index contributed by atoms with van der Waals surface area (Å²) in [5.74, 6) is -0.494. The predicted molar refractivity (Wildman–Crippen MR) is 79.7 cm³/mol. The van der Waals surface area contributed by atoms with Gasteiger partial charge in [-0.2, -0.15) is 0 Å². The van der Waals surface area contributed by atoms with Gasteiger partial charge in [0.2, 0.25) is 5.91 Å². The molecule has 2 fully saturated rings. The Morgan fingerprint density at radius 1 is 1.41 bits per heavy atom. The van der Waals surface area contributed by atoms with Crippen LogP contribution in [-0.4, -0.2) is 41.2 Å². The highest BCUT2D eigenvalue weighted by Crippen LogP contribution is 2.36. The largest absolute Gasteiger partial charge is 0.388 e. The quantitative estimate of drug-likeness (QED) is 0.933. The summed E-state index contributed by atoms with van der Waals surface area (Å²) in [6, 6.07) is 5.78. The number of hydrogen-bond acceptors (Lipinski definition) is 3. The number of hydrogen-bond donors (Lipinski definition) is 1. The number of nitrogens with zero attached hydrogens (tertiary/aromatic N) is 1. The fourth-order valence-corrected chi connectivity index (χ4v) is 3.51. The van der Waals surface area contributed by atoms with Crippen LogP contribution in [0.1, 0.15) is 43.8 Å². The summed E-state index contributed by atoms with van der Waals surface area (Å²) in [7, 11) is 0. The Hall–Kier alpha value is -1.46. The van der Waals surface area contributed by atoms with Crippen LogP contribution in [0, 0.1) is 5.82 Å². The van der Waals surface area contributed by atoms with E-state index in [0.717, 1.165) is 25.7 Å². The molecule has 1 unspecified atom stereocenters. The summed E-state index contributed by atoms with van der Waals surface area (Å²) in [6.45, 7) is 1.74. The van der Waals surface area contributed by atoms with E-state index in [-0.39, 0.29) is 17.9 Å². The maximum Gasteiger partial charge on any atom is 0.225 e. The van der Waals surface area contributed by atoms with Crippen molar-refractivity contribution in [3.8, 4) is 0 Å². The van der Waals surface area contributed by atoms with Gasteiger partial charge in [0, 0.05) is 13.1 Å². The van der Waals surface area contributed by atoms with Crippen LogP contribution in [0.4, 0.5) is 4.39 Å². The lowest BCUT2D eigenvalue weighted by molar-refractivity contribution is -0.151. The molecule has 1 aliphatic carbocycles. The third kappa shape index (κ3) is 3.31. The topological polar surface area (TPSA) is 49.8 Å². The van der Waals surface area contributed by atoms with Gasteiger partial charge in [-0.05, 0) is 30.5 Å². The van der Waals surface area contributed by atoms with Crippen molar-refractivity contribution in [2.75, 3.05) is 19.7 Å². The molecule has 1 saturated carbocycles. The zero-order valence-corrected chi connectivity index (χ0v) is 12.6. The summed E-state index contributed by atoms with van der Waals surface area (Å²) in [5.41, 5.74) is 0.273. The average molecular weight is 307 g/mol. The number of aliphatic hydroxyl groups excluding tert-OH is 1. The Morgan fingerprint density at radius 2 is 2.18 bits per heavy atom. The van der Waals surface area contributed by atoms with Gasteiger partial charge in [0.15, 0.2) is 0 Å². The van der Waals surface area contributed by atoms with Crippen molar-refractivity contribution in [2.45, 2.75) is 43.8 Å². The highest BCUT2D eigenvalue weighted by atomic mass is 19.1. The molecule has 0 bridgehead atoms. The highest BCUT2D eigenvalue weighted by Gasteiger charge is 2.40. The molecule has 1 aromatic carbocycles. The molecule has 1 amide bonds. The Balaban J connectivity index is 1.61. The van der Waals surface area contributed by atoms with Gasteiger partial charge in [0.05, 0.1) is 24.7 Å². The van der Waals surface area contributed by atoms with Crippen LogP contribution < -0.4 is 0 Å². The van der Waals surface area contributed by atoms with E-state index in [4.69, 9.17) is 4.74 Å². The van der Waals surface area contributed by atoms with Crippen LogP contribution >= 0.6 is 0 Å². The summed E-state index contributed by atoms with van der Waals surface area (Å²) in [5, 5.41) is 10.2. The molecule has 1 N–H and O–H groups in total. The lowest BCUT2D eigenvalue weighted by atomic mass is 9.99. The smallest absolute Gasteiger partial charge is 0.225 e. The fraction of sp³-hybridized carbons (Fsp3) is 0.588. The maximum atomic E-state index is 13.2. The van der Waals surface area contributed by atoms with Gasteiger partial charge >= 0.3 is 0 Å². The summed E-state index contributed by atoms with van der Waals surface area (Å²) in [4.78, 5) is 14.2. The molecule has 5 heteroatoms. The van der Waals surface area contributed by atoms with Crippen LogP contribution in [0.15, 0.2) is 24.3 Å². The second-order valence-electron chi connectivity index (χ2n) is 6.33. The molecular formula is C17H22FNO3. The third-order valence-corrected chi connectivity index (χ3v) is 4.72. The lowest BCUT2D eigenvalue weighted by Crippen LogP contribution is -2.52. The minimum Gasteiger partial charge on any atom is -0.388 e. The van der Waals surface area contributed by atoms with E-state index >= 15 is 0 Å². The normalized spacial score (nSPS) is 22.0. The number of carbonyl (C=O) groups is 1. The molecule has 0 aromatic heterocycles. The van der Waals surface area contributed by atoms with Crippen LogP contribution in [0.25, 0.3) is 0 Å². The van der Waals surface area contributed by atoms with Crippen molar-refractivity contribution < 1.29 is 19.0 Å². The number of amides is 1. The first-order chi connectivity index (χ1) is 10.6. The molecular weight excluding hydrogens is 285 g/mol. The van der Waals surface area contributed by atoms with Crippen molar-refractivity contribution in [3.05, 3.63) is 35.6 Å². The zero-order chi connectivity index (χ0) is 15.6. The van der Waals surface area contributed by atoms with E-state index < -0.39 is 11.9 Å². The number of aliphatic hydroxyl groups is 1. The standard InChI is InChI=1S/C17H22FNO3/c18-14-5-3-4-13(10-14)15(20)11-16(21)19-8-9-22-17(12-19)6-1-2-7-17/h3-5,10,15,20H,1-2,6-9,11-12H2. The van der Waals surface area contributed by atoms with E-state index in [9.17, 15) is 14.3 Å². The first-order valence-electron chi connectivity index (χ1n) is 7.93. The lowest BCUT2D eigenvalue weighted by Gasteiger charge is -2.40. The summed E-state index contributed by atoms with van der Waals surface area (Å²) < 4.78 is 19.1. The third-order valence-electron chi connectivity index (χ3n) is 4.72. The van der Waals surface area contributed by atoms with Gasteiger partial charge in [0.25, 0.3) is 0 Å². The molecule has 4 nitrogen and oxygen atoms in total. The van der Waals surface area contributed by atoms with Gasteiger partial charge in [-0.25, -0.2) is 4.39 Å². The molecule has 1 spiro atoms. The van der Waals surface area contributed by atoms with Crippen LogP contribution in [0.2, 0.25) is 0 Å². The molecule has 0 radical (unpaired) electrons. The van der Waals surface area contributed by atoms with E-state index in [0.29, 0.717) is 25.3 Å². The average Bonchev–Trinajstić information content (AvgIpc) is 2.95. The molecule has 1 atom stereocenters. The van der Waals surface area contributed by atoms with Gasteiger partial charge in [0.1, 0.15) is 5.82 Å². The van der Waals surface area contributed by atoms with E-state index in [1.54, 1.807) is 17.0 Å². The number of halogens is 1. The number of morpholine rings is 1. The second-order valence-corrected chi connectivity index (χ2v) is 6.33. The summed E-state index contributed by atoms with van der Waals surface area (Å²) in [6.07, 6.45) is 3.32. The van der Waals surface area contributed by atoms with Crippen LogP contribution in [-0.2, 0) is 9.53 Å². The molecule has 2 aliphatic rings. The number of rotatable bonds is 3. The van der Waals surface area contributed by atoms with Crippen molar-refractivity contribution in [2.24, 2.45) is 0 Å². The van der Waals surface area contributed by atoms with E-state index in [1.807, 2.05) is 0 Å². The Labute approximate surface area is 129 Å². The van der Waals surface area contributed by atoms with E-state index in [1.165, 1.54) is 12.1 Å². The van der Waals surface area contributed by atoms with Crippen molar-refractivity contribution in [1.82, 2.24) is 4.90 Å². The molecule has 3 rings (SSSR count). The number of carbonyl (C=O) groups excluding carboxylic acids is 1. The molecule has 22 heavy (non-hydrogen) atoms. The first-order valence-corrected chi connectivity index (χ1v) is 7.93. The van der Waals surface area contributed by atoms with E-state index in [2.05, 4.69) is 0 Å². The maximum absolute atomic E-state index is 13.2. The fourth-order valence-electron chi connectivity index (χ4n) is 3.51. The number of ether oxygens (including phenoxy) is 1. The first kappa shape index (κ1) is 15.4. The Bertz CT molecular complexity index is 542. The Kier molecular flexibility index (Phi) is 4.45. The van der Waals surface area contributed by atoms with Gasteiger partial charge in [-0.15, -0.1) is 0 Å². The molecule has 120 valence electrons. The summed E-state index contributed by atoms with van der Waals surface area (Å²) >= 11 is 0. The van der Waals surface area contributed by atoms with Crippen molar-refractivity contribution in [3.63, 3.8) is 0 Å². The minimum absolute atomic E-state index is 0.0144. The molecule has 1 aromatic rings. The molecule has 1 aliphatic heterocycles. The van der Waals surface area contributed by atoms with Gasteiger partial charge in [-0.1, -0.05) is 25.0 Å². The van der Waals surface area contributed by atoms with Crippen molar-refractivity contribution in [1.29, 1.82) is 0 Å². The Morgan fingerprint density at radius 3 is 2.91 bits per heavy atom. The van der Waals surface area contributed by atoms with Crippen LogP contribution in [0.3, 0.4) is 0 Å². The second kappa shape index (κ2) is 6.34. The minimum atomic E-state index is -0.967. The predicted octanol–water partition coefficient (Wildman–Crippen LogP) is 2.42. The highest BCUT2D eigenvalue weighted by molar-refractivity contribution is 5.77. The zero-order valence-electron chi connectivity index (χ0n) is 12.6. The SMILES string of the molecule is O=C(CC(O)c1cccc(F)c1)N1CCOC2(CCCC2)C1. The molecule has 1 heterocycles. The van der Waals surface area contributed by atoms with Crippen LogP contribution in [0.5, 0.6) is 0 Å². The van der Waals surface area contributed by atoms with Gasteiger partial charge in [-0.3, -0.25) is 4.79 Å². The van der Waals surface area contributed by atoms with Crippen molar-refractivity contribution >= 4 is 5.91 Å². The monoisotopic (exact) mass is 307 g/mol.